The van der Waals surface area contributed by atoms with E-state index < -0.39 is 0 Å². The number of aryl methyl sites for hydroxylation is 1. The predicted octanol–water partition coefficient (Wildman–Crippen LogP) is 2.89. The average molecular weight is 276 g/mol. The summed E-state index contributed by atoms with van der Waals surface area (Å²) in [5.41, 5.74) is 1.40. The third kappa shape index (κ3) is 2.41. The lowest BCUT2D eigenvalue weighted by Gasteiger charge is -1.86. The van der Waals surface area contributed by atoms with E-state index in [9.17, 15) is 0 Å². The van der Waals surface area contributed by atoms with Gasteiger partial charge in [0.25, 0.3) is 5.89 Å². The van der Waals surface area contributed by atoms with E-state index in [1.807, 2.05) is 31.4 Å². The van der Waals surface area contributed by atoms with E-state index in [0.29, 0.717) is 28.9 Å². The van der Waals surface area contributed by atoms with Crippen LogP contribution in [-0.2, 0) is 5.75 Å². The highest BCUT2D eigenvalue weighted by molar-refractivity contribution is 7.97. The van der Waals surface area contributed by atoms with Gasteiger partial charge in [0.15, 0.2) is 11.6 Å². The number of hydrogen-bond acceptors (Lipinski definition) is 6. The van der Waals surface area contributed by atoms with E-state index in [-0.39, 0.29) is 0 Å². The molecule has 0 aromatic carbocycles. The first-order chi connectivity index (χ1) is 9.26. The molecular formula is C12H12N4O2S. The number of hydrogen-bond donors (Lipinski definition) is 1. The standard InChI is InChI=1S/C12H12N4O2S/c1-7-3-4-10(17-7)8-5-9(15-14-8)12-13-11(6-19-2)16-18-12/h3-5H,6H2,1-2H3,(H,14,15). The number of thioether (sulfide) groups is 1. The molecule has 0 aliphatic carbocycles. The van der Waals surface area contributed by atoms with Gasteiger partial charge in [-0.1, -0.05) is 5.16 Å². The second kappa shape index (κ2) is 4.93. The van der Waals surface area contributed by atoms with Gasteiger partial charge in [0.05, 0.1) is 5.75 Å². The van der Waals surface area contributed by atoms with Crippen LogP contribution in [-0.4, -0.2) is 26.6 Å². The number of furan rings is 1. The summed E-state index contributed by atoms with van der Waals surface area (Å²) in [7, 11) is 0. The zero-order valence-corrected chi connectivity index (χ0v) is 11.3. The molecule has 6 nitrogen and oxygen atoms in total. The van der Waals surface area contributed by atoms with Crippen molar-refractivity contribution in [1.82, 2.24) is 20.3 Å². The van der Waals surface area contributed by atoms with Crippen molar-refractivity contribution in [3.8, 4) is 23.0 Å². The SMILES string of the molecule is CSCc1noc(-c2cc(-c3ccc(C)o3)n[nH]2)n1. The van der Waals surface area contributed by atoms with E-state index in [2.05, 4.69) is 20.3 Å². The molecule has 0 amide bonds. The highest BCUT2D eigenvalue weighted by Crippen LogP contribution is 2.24. The first-order valence-corrected chi connectivity index (χ1v) is 7.10. The summed E-state index contributed by atoms with van der Waals surface area (Å²) in [5.74, 6) is 3.39. The molecule has 3 rings (SSSR count). The topological polar surface area (TPSA) is 80.7 Å². The fourth-order valence-corrected chi connectivity index (χ4v) is 2.06. The minimum absolute atomic E-state index is 0.436. The summed E-state index contributed by atoms with van der Waals surface area (Å²) < 4.78 is 10.7. The summed E-state index contributed by atoms with van der Waals surface area (Å²) >= 11 is 1.64. The Morgan fingerprint density at radius 2 is 2.26 bits per heavy atom. The van der Waals surface area contributed by atoms with Gasteiger partial charge in [-0.3, -0.25) is 5.10 Å². The Hall–Kier alpha value is -2.02. The molecule has 0 radical (unpaired) electrons. The number of aromatic nitrogens is 4. The molecule has 0 saturated carbocycles. The van der Waals surface area contributed by atoms with Crippen molar-refractivity contribution in [3.05, 3.63) is 29.8 Å². The maximum absolute atomic E-state index is 5.51. The lowest BCUT2D eigenvalue weighted by Crippen LogP contribution is -1.82. The number of H-pyrrole nitrogens is 1. The van der Waals surface area contributed by atoms with E-state index >= 15 is 0 Å². The summed E-state index contributed by atoms with van der Waals surface area (Å²) in [4.78, 5) is 4.28. The predicted molar refractivity (Wildman–Crippen MR) is 71.5 cm³/mol. The van der Waals surface area contributed by atoms with E-state index in [1.54, 1.807) is 11.8 Å². The van der Waals surface area contributed by atoms with Crippen LogP contribution in [0.5, 0.6) is 0 Å². The molecule has 3 heterocycles. The number of nitrogens with zero attached hydrogens (tertiary/aromatic N) is 3. The highest BCUT2D eigenvalue weighted by atomic mass is 32.2. The number of aromatic amines is 1. The molecule has 3 aromatic heterocycles. The quantitative estimate of drug-likeness (QED) is 0.789. The maximum atomic E-state index is 5.51. The fourth-order valence-electron chi connectivity index (χ4n) is 1.68. The minimum Gasteiger partial charge on any atom is -0.460 e. The highest BCUT2D eigenvalue weighted by Gasteiger charge is 2.13. The maximum Gasteiger partial charge on any atom is 0.275 e. The zero-order chi connectivity index (χ0) is 13.2. The molecule has 0 spiro atoms. The molecule has 1 N–H and O–H groups in total. The smallest absolute Gasteiger partial charge is 0.275 e. The average Bonchev–Trinajstić information content (AvgIpc) is 3.07. The molecule has 0 atom stereocenters. The number of rotatable bonds is 4. The van der Waals surface area contributed by atoms with Crippen LogP contribution in [0.15, 0.2) is 27.1 Å². The molecule has 0 aliphatic rings. The monoisotopic (exact) mass is 276 g/mol. The third-order valence-corrected chi connectivity index (χ3v) is 3.09. The van der Waals surface area contributed by atoms with Gasteiger partial charge in [-0.15, -0.1) is 0 Å². The molecule has 98 valence electrons. The lowest BCUT2D eigenvalue weighted by atomic mass is 10.3. The van der Waals surface area contributed by atoms with Crippen LogP contribution in [0.3, 0.4) is 0 Å². The van der Waals surface area contributed by atoms with Gasteiger partial charge >= 0.3 is 0 Å². The van der Waals surface area contributed by atoms with Crippen molar-refractivity contribution in [2.24, 2.45) is 0 Å². The zero-order valence-electron chi connectivity index (χ0n) is 10.5. The van der Waals surface area contributed by atoms with Crippen molar-refractivity contribution in [1.29, 1.82) is 0 Å². The van der Waals surface area contributed by atoms with Crippen LogP contribution in [0, 0.1) is 6.92 Å². The molecule has 0 unspecified atom stereocenters. The van der Waals surface area contributed by atoms with Gasteiger partial charge in [0.1, 0.15) is 17.1 Å². The van der Waals surface area contributed by atoms with Crippen LogP contribution >= 0.6 is 11.8 Å². The molecule has 0 bridgehead atoms. The Kier molecular flexibility index (Phi) is 3.12. The van der Waals surface area contributed by atoms with Crippen LogP contribution in [0.1, 0.15) is 11.6 Å². The molecule has 0 fully saturated rings. The normalized spacial score (nSPS) is 11.1. The van der Waals surface area contributed by atoms with Crippen molar-refractivity contribution in [3.63, 3.8) is 0 Å². The molecule has 3 aromatic rings. The van der Waals surface area contributed by atoms with Crippen LogP contribution in [0.2, 0.25) is 0 Å². The minimum atomic E-state index is 0.436. The Bertz CT molecular complexity index is 685. The Labute approximate surface area is 113 Å². The van der Waals surface area contributed by atoms with Crippen molar-refractivity contribution >= 4 is 11.8 Å². The molecule has 0 aliphatic heterocycles. The fraction of sp³-hybridized carbons (Fsp3) is 0.250. The number of nitrogens with one attached hydrogen (secondary N) is 1. The van der Waals surface area contributed by atoms with Crippen molar-refractivity contribution in [2.45, 2.75) is 12.7 Å². The lowest BCUT2D eigenvalue weighted by molar-refractivity contribution is 0.424. The van der Waals surface area contributed by atoms with Crippen LogP contribution in [0.25, 0.3) is 23.0 Å². The second-order valence-corrected chi connectivity index (χ2v) is 4.89. The Morgan fingerprint density at radius 3 is 3.00 bits per heavy atom. The summed E-state index contributed by atoms with van der Waals surface area (Å²) in [6.07, 6.45) is 1.99. The third-order valence-electron chi connectivity index (χ3n) is 2.54. The van der Waals surface area contributed by atoms with Gasteiger partial charge < -0.3 is 8.94 Å². The van der Waals surface area contributed by atoms with Gasteiger partial charge in [-0.05, 0) is 25.3 Å². The Morgan fingerprint density at radius 1 is 1.37 bits per heavy atom. The summed E-state index contributed by atoms with van der Waals surface area (Å²) in [5, 5.41) is 10.9. The van der Waals surface area contributed by atoms with Gasteiger partial charge in [0.2, 0.25) is 0 Å². The van der Waals surface area contributed by atoms with Gasteiger partial charge in [-0.25, -0.2) is 0 Å². The van der Waals surface area contributed by atoms with E-state index in [1.165, 1.54) is 0 Å². The molecule has 7 heteroatoms. The summed E-state index contributed by atoms with van der Waals surface area (Å²) in [6.45, 7) is 1.89. The van der Waals surface area contributed by atoms with Gasteiger partial charge in [0, 0.05) is 6.07 Å². The molecule has 0 saturated heterocycles. The molecule has 19 heavy (non-hydrogen) atoms. The first-order valence-electron chi connectivity index (χ1n) is 5.70. The van der Waals surface area contributed by atoms with Crippen molar-refractivity contribution < 1.29 is 8.94 Å². The molecular weight excluding hydrogens is 264 g/mol. The second-order valence-electron chi connectivity index (χ2n) is 4.03. The van der Waals surface area contributed by atoms with Gasteiger partial charge in [-0.2, -0.15) is 21.8 Å². The first kappa shape index (κ1) is 12.0. The summed E-state index contributed by atoms with van der Waals surface area (Å²) in [6, 6.07) is 5.60. The van der Waals surface area contributed by atoms with Crippen LogP contribution < -0.4 is 0 Å². The Balaban J connectivity index is 1.87. The van der Waals surface area contributed by atoms with Crippen LogP contribution in [0.4, 0.5) is 0 Å². The van der Waals surface area contributed by atoms with E-state index in [0.717, 1.165) is 11.5 Å². The van der Waals surface area contributed by atoms with E-state index in [4.69, 9.17) is 8.94 Å². The largest absolute Gasteiger partial charge is 0.460 e. The van der Waals surface area contributed by atoms with Crippen molar-refractivity contribution in [2.75, 3.05) is 6.26 Å².